The van der Waals surface area contributed by atoms with Gasteiger partial charge in [-0.3, -0.25) is 0 Å². The number of amides is 2. The van der Waals surface area contributed by atoms with Crippen LogP contribution in [0.1, 0.15) is 44.9 Å². The highest BCUT2D eigenvalue weighted by atomic mass is 16.3. The van der Waals surface area contributed by atoms with Crippen LogP contribution in [0.25, 0.3) is 0 Å². The van der Waals surface area contributed by atoms with Crippen LogP contribution in [0.5, 0.6) is 0 Å². The summed E-state index contributed by atoms with van der Waals surface area (Å²) in [5.74, 6) is 2.19. The maximum atomic E-state index is 11.9. The average Bonchev–Trinajstić information content (AvgIpc) is 3.09. The van der Waals surface area contributed by atoms with E-state index < -0.39 is 5.72 Å². The summed E-state index contributed by atoms with van der Waals surface area (Å²) in [6.45, 7) is 0. The zero-order chi connectivity index (χ0) is 12.3. The molecule has 0 aromatic carbocycles. The number of carbonyl (C=O) groups excluding carboxylic acids is 1. The molecule has 0 atom stereocenters. The van der Waals surface area contributed by atoms with Crippen molar-refractivity contribution < 1.29 is 9.90 Å². The van der Waals surface area contributed by atoms with Gasteiger partial charge in [-0.2, -0.15) is 0 Å². The predicted molar refractivity (Wildman–Crippen MR) is 66.7 cm³/mol. The molecule has 4 heteroatoms. The number of rotatable bonds is 2. The van der Waals surface area contributed by atoms with E-state index in [1.54, 1.807) is 0 Å². The van der Waals surface area contributed by atoms with Crippen LogP contribution < -0.4 is 10.6 Å². The van der Waals surface area contributed by atoms with E-state index in [1.165, 1.54) is 6.42 Å². The molecule has 0 heterocycles. The van der Waals surface area contributed by atoms with Crippen molar-refractivity contribution in [3.8, 4) is 0 Å². The zero-order valence-corrected chi connectivity index (χ0v) is 10.7. The van der Waals surface area contributed by atoms with E-state index in [0.29, 0.717) is 17.9 Å². The van der Waals surface area contributed by atoms with Crippen molar-refractivity contribution >= 4 is 6.03 Å². The van der Waals surface area contributed by atoms with Gasteiger partial charge < -0.3 is 15.7 Å². The molecule has 4 bridgehead atoms. The minimum absolute atomic E-state index is 0.160. The van der Waals surface area contributed by atoms with E-state index in [2.05, 4.69) is 10.6 Å². The van der Waals surface area contributed by atoms with Gasteiger partial charge in [0, 0.05) is 17.9 Å². The van der Waals surface area contributed by atoms with Gasteiger partial charge in [0.25, 0.3) is 0 Å². The fraction of sp³-hybridized carbons (Fsp3) is 0.929. The predicted octanol–water partition coefficient (Wildman–Crippen LogP) is 1.59. The fourth-order valence-electron chi connectivity index (χ4n) is 4.74. The molecule has 5 rings (SSSR count). The highest BCUT2D eigenvalue weighted by molar-refractivity contribution is 5.75. The van der Waals surface area contributed by atoms with Crippen LogP contribution in [0.15, 0.2) is 0 Å². The quantitative estimate of drug-likeness (QED) is 0.652. The Morgan fingerprint density at radius 2 is 1.56 bits per heavy atom. The number of carbonyl (C=O) groups is 1. The summed E-state index contributed by atoms with van der Waals surface area (Å²) in [5.41, 5.74) is -0.924. The summed E-state index contributed by atoms with van der Waals surface area (Å²) in [5, 5.41) is 16.8. The Bertz CT molecular complexity index is 350. The van der Waals surface area contributed by atoms with Crippen LogP contribution in [0.4, 0.5) is 4.79 Å². The van der Waals surface area contributed by atoms with Crippen LogP contribution in [-0.2, 0) is 0 Å². The summed E-state index contributed by atoms with van der Waals surface area (Å²) in [7, 11) is 0. The van der Waals surface area contributed by atoms with Crippen molar-refractivity contribution in [3.63, 3.8) is 0 Å². The first kappa shape index (κ1) is 11.1. The number of urea groups is 1. The van der Waals surface area contributed by atoms with Crippen LogP contribution in [0.3, 0.4) is 0 Å². The molecule has 18 heavy (non-hydrogen) atoms. The van der Waals surface area contributed by atoms with Crippen molar-refractivity contribution in [1.82, 2.24) is 10.6 Å². The summed E-state index contributed by atoms with van der Waals surface area (Å²) in [4.78, 5) is 11.9. The van der Waals surface area contributed by atoms with Gasteiger partial charge in [0.15, 0.2) is 0 Å². The molecule has 2 amide bonds. The van der Waals surface area contributed by atoms with Crippen molar-refractivity contribution in [2.24, 2.45) is 23.7 Å². The second-order valence-corrected chi connectivity index (χ2v) is 7.00. The van der Waals surface area contributed by atoms with E-state index in [9.17, 15) is 9.90 Å². The van der Waals surface area contributed by atoms with Crippen LogP contribution in [0, 0.1) is 23.7 Å². The number of aliphatic hydroxyl groups is 1. The molecule has 5 aliphatic carbocycles. The van der Waals surface area contributed by atoms with E-state index in [0.717, 1.165) is 50.4 Å². The second kappa shape index (κ2) is 3.62. The maximum Gasteiger partial charge on any atom is 0.317 e. The molecule has 0 saturated heterocycles. The Morgan fingerprint density at radius 3 is 2.06 bits per heavy atom. The summed E-state index contributed by atoms with van der Waals surface area (Å²) in [6, 6.07) is 0.193. The number of nitrogens with one attached hydrogen (secondary N) is 2. The van der Waals surface area contributed by atoms with Gasteiger partial charge in [-0.1, -0.05) is 0 Å². The Kier molecular flexibility index (Phi) is 2.23. The first-order chi connectivity index (χ1) is 8.63. The van der Waals surface area contributed by atoms with Gasteiger partial charge in [0.2, 0.25) is 0 Å². The Hall–Kier alpha value is -0.770. The van der Waals surface area contributed by atoms with E-state index in [4.69, 9.17) is 0 Å². The first-order valence-corrected chi connectivity index (χ1v) is 7.44. The highest BCUT2D eigenvalue weighted by Crippen LogP contribution is 2.57. The van der Waals surface area contributed by atoms with Crippen molar-refractivity contribution in [3.05, 3.63) is 0 Å². The van der Waals surface area contributed by atoms with Crippen molar-refractivity contribution in [2.45, 2.75) is 56.7 Å². The lowest BCUT2D eigenvalue weighted by molar-refractivity contribution is -0.183. The topological polar surface area (TPSA) is 61.4 Å². The van der Waals surface area contributed by atoms with Crippen molar-refractivity contribution in [1.29, 1.82) is 0 Å². The molecule has 0 aromatic heterocycles. The normalized spacial score (nSPS) is 49.2. The summed E-state index contributed by atoms with van der Waals surface area (Å²) in [6.07, 6.45) is 7.95. The molecule has 5 aliphatic rings. The van der Waals surface area contributed by atoms with Gasteiger partial charge >= 0.3 is 6.03 Å². The lowest BCUT2D eigenvalue weighted by Crippen LogP contribution is -2.67. The standard InChI is InChI=1S/C14H22N2O2/c17-13(15-12-1-2-12)16-14(18)10-4-8-3-9(6-10)7-11(14)5-8/h8-12,18H,1-7H2,(H2,15,16,17). The molecule has 3 N–H and O–H groups in total. The van der Waals surface area contributed by atoms with E-state index >= 15 is 0 Å². The summed E-state index contributed by atoms with van der Waals surface area (Å²) < 4.78 is 0. The SMILES string of the molecule is O=C(NC1CC1)NC1(O)C2CC3CC(C2)CC1C3. The molecule has 4 nitrogen and oxygen atoms in total. The van der Waals surface area contributed by atoms with Gasteiger partial charge in [-0.25, -0.2) is 4.79 Å². The minimum atomic E-state index is -0.924. The molecule has 100 valence electrons. The molecule has 0 unspecified atom stereocenters. The maximum absolute atomic E-state index is 11.9. The van der Waals surface area contributed by atoms with Gasteiger partial charge in [0.1, 0.15) is 5.72 Å². The Labute approximate surface area is 108 Å². The third kappa shape index (κ3) is 1.65. The van der Waals surface area contributed by atoms with E-state index in [1.807, 2.05) is 0 Å². The smallest absolute Gasteiger partial charge is 0.317 e. The Morgan fingerprint density at radius 1 is 1.00 bits per heavy atom. The molecular weight excluding hydrogens is 228 g/mol. The fourth-order valence-corrected chi connectivity index (χ4v) is 4.74. The molecule has 5 fully saturated rings. The molecular formula is C14H22N2O2. The molecule has 5 saturated carbocycles. The van der Waals surface area contributed by atoms with Crippen LogP contribution in [-0.4, -0.2) is 22.9 Å². The zero-order valence-electron chi connectivity index (χ0n) is 10.7. The lowest BCUT2D eigenvalue weighted by atomic mass is 9.52. The largest absolute Gasteiger partial charge is 0.370 e. The van der Waals surface area contributed by atoms with Gasteiger partial charge in [-0.15, -0.1) is 0 Å². The minimum Gasteiger partial charge on any atom is -0.370 e. The van der Waals surface area contributed by atoms with Crippen LogP contribution >= 0.6 is 0 Å². The number of hydrogen-bond donors (Lipinski definition) is 3. The third-order valence-corrected chi connectivity index (χ3v) is 5.61. The van der Waals surface area contributed by atoms with Gasteiger partial charge in [0.05, 0.1) is 0 Å². The molecule has 0 aromatic rings. The second-order valence-electron chi connectivity index (χ2n) is 7.00. The molecule has 0 radical (unpaired) electrons. The summed E-state index contributed by atoms with van der Waals surface area (Å²) >= 11 is 0. The van der Waals surface area contributed by atoms with Crippen molar-refractivity contribution in [2.75, 3.05) is 0 Å². The lowest BCUT2D eigenvalue weighted by Gasteiger charge is -2.58. The number of hydrogen-bond acceptors (Lipinski definition) is 2. The highest BCUT2D eigenvalue weighted by Gasteiger charge is 2.57. The Balaban J connectivity index is 1.49. The van der Waals surface area contributed by atoms with Crippen LogP contribution in [0.2, 0.25) is 0 Å². The third-order valence-electron chi connectivity index (χ3n) is 5.61. The molecule has 0 aliphatic heterocycles. The van der Waals surface area contributed by atoms with Gasteiger partial charge in [-0.05, 0) is 56.8 Å². The average molecular weight is 250 g/mol. The monoisotopic (exact) mass is 250 g/mol. The van der Waals surface area contributed by atoms with E-state index in [-0.39, 0.29) is 6.03 Å². The molecule has 0 spiro atoms. The first-order valence-electron chi connectivity index (χ1n) is 7.44.